The van der Waals surface area contributed by atoms with E-state index in [0.717, 1.165) is 0 Å². The fourth-order valence-electron chi connectivity index (χ4n) is 2.29. The Bertz CT molecular complexity index is 490. The zero-order valence-corrected chi connectivity index (χ0v) is 11.2. The number of carbonyl (C=O) groups excluding carboxylic acids is 2. The van der Waals surface area contributed by atoms with E-state index in [9.17, 15) is 9.59 Å². The molecule has 1 fully saturated rings. The molecule has 0 aliphatic carbocycles. The number of hydrogen-bond acceptors (Lipinski definition) is 3. The largest absolute Gasteiger partial charge is 0.398 e. The molecular formula is C13H16ClN3O2. The van der Waals surface area contributed by atoms with Crippen molar-refractivity contribution in [2.24, 2.45) is 11.7 Å². The van der Waals surface area contributed by atoms with E-state index in [1.165, 1.54) is 0 Å². The van der Waals surface area contributed by atoms with Crippen LogP contribution < -0.4 is 11.5 Å². The number of nitrogens with zero attached hydrogens (tertiary/aromatic N) is 1. The Kier molecular flexibility index (Phi) is 3.95. The van der Waals surface area contributed by atoms with Gasteiger partial charge in [0, 0.05) is 24.7 Å². The van der Waals surface area contributed by atoms with Crippen molar-refractivity contribution in [1.82, 2.24) is 4.90 Å². The summed E-state index contributed by atoms with van der Waals surface area (Å²) in [7, 11) is 0. The number of anilines is 1. The normalized spacial score (nSPS) is 16.4. The Morgan fingerprint density at radius 3 is 2.42 bits per heavy atom. The van der Waals surface area contributed by atoms with Crippen LogP contribution in [0.4, 0.5) is 5.69 Å². The number of rotatable bonds is 2. The smallest absolute Gasteiger partial charge is 0.257 e. The fourth-order valence-corrected chi connectivity index (χ4v) is 2.55. The number of nitrogens with two attached hydrogens (primary N) is 2. The highest BCUT2D eigenvalue weighted by atomic mass is 35.5. The molecule has 0 radical (unpaired) electrons. The molecule has 0 unspecified atom stereocenters. The topological polar surface area (TPSA) is 89.4 Å². The molecule has 2 amide bonds. The molecule has 1 aromatic rings. The fraction of sp³-hybridized carbons (Fsp3) is 0.385. The van der Waals surface area contributed by atoms with Crippen LogP contribution in [-0.2, 0) is 4.79 Å². The highest BCUT2D eigenvalue weighted by Crippen LogP contribution is 2.26. The molecule has 0 bridgehead atoms. The molecule has 0 spiro atoms. The first-order valence-electron chi connectivity index (χ1n) is 6.13. The van der Waals surface area contributed by atoms with Crippen molar-refractivity contribution in [3.8, 4) is 0 Å². The van der Waals surface area contributed by atoms with E-state index in [2.05, 4.69) is 0 Å². The number of halogens is 1. The maximum Gasteiger partial charge on any atom is 0.257 e. The Balaban J connectivity index is 2.12. The first-order chi connectivity index (χ1) is 9.00. The van der Waals surface area contributed by atoms with Gasteiger partial charge in [-0.3, -0.25) is 9.59 Å². The third kappa shape index (κ3) is 2.81. The monoisotopic (exact) mass is 281 g/mol. The molecule has 4 N–H and O–H groups in total. The zero-order valence-electron chi connectivity index (χ0n) is 10.4. The Morgan fingerprint density at radius 2 is 1.89 bits per heavy atom. The molecule has 102 valence electrons. The lowest BCUT2D eigenvalue weighted by molar-refractivity contribution is -0.123. The summed E-state index contributed by atoms with van der Waals surface area (Å²) in [4.78, 5) is 25.1. The van der Waals surface area contributed by atoms with Crippen LogP contribution in [0.2, 0.25) is 5.02 Å². The van der Waals surface area contributed by atoms with Gasteiger partial charge in [0.2, 0.25) is 5.91 Å². The Morgan fingerprint density at radius 1 is 1.26 bits per heavy atom. The summed E-state index contributed by atoms with van der Waals surface area (Å²) in [5, 5.41) is 0.349. The highest BCUT2D eigenvalue weighted by molar-refractivity contribution is 6.34. The second-order valence-electron chi connectivity index (χ2n) is 4.67. The van der Waals surface area contributed by atoms with E-state index in [1.54, 1.807) is 23.1 Å². The van der Waals surface area contributed by atoms with Crippen LogP contribution >= 0.6 is 11.6 Å². The second-order valence-corrected chi connectivity index (χ2v) is 5.08. The average molecular weight is 282 g/mol. The van der Waals surface area contributed by atoms with Crippen LogP contribution in [0.1, 0.15) is 23.2 Å². The van der Waals surface area contributed by atoms with Gasteiger partial charge >= 0.3 is 0 Å². The Hall–Kier alpha value is -1.75. The van der Waals surface area contributed by atoms with Crippen molar-refractivity contribution >= 4 is 29.1 Å². The van der Waals surface area contributed by atoms with E-state index in [4.69, 9.17) is 23.1 Å². The van der Waals surface area contributed by atoms with Crippen molar-refractivity contribution in [2.45, 2.75) is 12.8 Å². The van der Waals surface area contributed by atoms with Crippen LogP contribution in [0, 0.1) is 5.92 Å². The van der Waals surface area contributed by atoms with Crippen molar-refractivity contribution in [3.05, 3.63) is 28.8 Å². The molecule has 1 aromatic carbocycles. The third-order valence-corrected chi connectivity index (χ3v) is 3.76. The minimum Gasteiger partial charge on any atom is -0.398 e. The molecule has 0 atom stereocenters. The number of benzene rings is 1. The van der Waals surface area contributed by atoms with Gasteiger partial charge in [-0.15, -0.1) is 0 Å². The molecule has 0 aromatic heterocycles. The predicted molar refractivity (Wildman–Crippen MR) is 73.7 cm³/mol. The zero-order chi connectivity index (χ0) is 14.0. The SMILES string of the molecule is NC(=O)C1CCN(C(=O)c2c(N)cccc2Cl)CC1. The van der Waals surface area contributed by atoms with Crippen LogP contribution in [-0.4, -0.2) is 29.8 Å². The van der Waals surface area contributed by atoms with Crippen LogP contribution in [0.25, 0.3) is 0 Å². The number of likely N-dealkylation sites (tertiary alicyclic amines) is 1. The van der Waals surface area contributed by atoms with E-state index >= 15 is 0 Å². The number of piperidine rings is 1. The molecule has 6 heteroatoms. The molecule has 19 heavy (non-hydrogen) atoms. The quantitative estimate of drug-likeness (QED) is 0.800. The maximum atomic E-state index is 12.4. The van der Waals surface area contributed by atoms with Gasteiger partial charge in [-0.2, -0.15) is 0 Å². The first kappa shape index (κ1) is 13.7. The highest BCUT2D eigenvalue weighted by Gasteiger charge is 2.28. The summed E-state index contributed by atoms with van der Waals surface area (Å²) in [6.45, 7) is 0.994. The van der Waals surface area contributed by atoms with E-state index < -0.39 is 0 Å². The molecule has 0 saturated carbocycles. The number of nitrogen functional groups attached to an aromatic ring is 1. The van der Waals surface area contributed by atoms with E-state index in [0.29, 0.717) is 42.2 Å². The summed E-state index contributed by atoms with van der Waals surface area (Å²) in [5.41, 5.74) is 11.8. The van der Waals surface area contributed by atoms with Gasteiger partial charge in [-0.05, 0) is 25.0 Å². The predicted octanol–water partition coefficient (Wildman–Crippen LogP) is 1.26. The maximum absolute atomic E-state index is 12.4. The molecule has 1 saturated heterocycles. The number of carbonyl (C=O) groups is 2. The van der Waals surface area contributed by atoms with Crippen molar-refractivity contribution in [2.75, 3.05) is 18.8 Å². The molecule has 2 rings (SSSR count). The van der Waals surface area contributed by atoms with E-state index in [1.807, 2.05) is 0 Å². The van der Waals surface area contributed by atoms with Gasteiger partial charge in [0.05, 0.1) is 10.6 Å². The van der Waals surface area contributed by atoms with Crippen LogP contribution in [0.5, 0.6) is 0 Å². The van der Waals surface area contributed by atoms with Gasteiger partial charge in [0.1, 0.15) is 0 Å². The molecule has 1 heterocycles. The number of hydrogen-bond donors (Lipinski definition) is 2. The Labute approximate surface area is 116 Å². The third-order valence-electron chi connectivity index (χ3n) is 3.44. The summed E-state index contributed by atoms with van der Waals surface area (Å²) in [5.74, 6) is -0.636. The lowest BCUT2D eigenvalue weighted by Crippen LogP contribution is -2.42. The van der Waals surface area contributed by atoms with Crippen molar-refractivity contribution < 1.29 is 9.59 Å². The first-order valence-corrected chi connectivity index (χ1v) is 6.51. The molecule has 1 aliphatic heterocycles. The van der Waals surface area contributed by atoms with Gasteiger partial charge in [0.25, 0.3) is 5.91 Å². The van der Waals surface area contributed by atoms with Crippen molar-refractivity contribution in [3.63, 3.8) is 0 Å². The molecule has 1 aliphatic rings. The summed E-state index contributed by atoms with van der Waals surface area (Å²) < 4.78 is 0. The number of primary amides is 1. The lowest BCUT2D eigenvalue weighted by atomic mass is 9.95. The van der Waals surface area contributed by atoms with Crippen LogP contribution in [0.15, 0.2) is 18.2 Å². The lowest BCUT2D eigenvalue weighted by Gasteiger charge is -2.31. The van der Waals surface area contributed by atoms with Gasteiger partial charge in [0.15, 0.2) is 0 Å². The van der Waals surface area contributed by atoms with Crippen molar-refractivity contribution in [1.29, 1.82) is 0 Å². The average Bonchev–Trinajstić information content (AvgIpc) is 2.38. The standard InChI is InChI=1S/C13H16ClN3O2/c14-9-2-1-3-10(15)11(9)13(19)17-6-4-8(5-7-17)12(16)18/h1-3,8H,4-7,15H2,(H2,16,18). The number of amides is 2. The summed E-state index contributed by atoms with van der Waals surface area (Å²) in [6.07, 6.45) is 1.18. The summed E-state index contributed by atoms with van der Waals surface area (Å²) >= 11 is 6.02. The molecule has 5 nitrogen and oxygen atoms in total. The second kappa shape index (κ2) is 5.48. The van der Waals surface area contributed by atoms with Crippen LogP contribution in [0.3, 0.4) is 0 Å². The van der Waals surface area contributed by atoms with Gasteiger partial charge in [-0.25, -0.2) is 0 Å². The van der Waals surface area contributed by atoms with Gasteiger partial charge in [-0.1, -0.05) is 17.7 Å². The minimum atomic E-state index is -0.302. The minimum absolute atomic E-state index is 0.146. The van der Waals surface area contributed by atoms with Gasteiger partial charge < -0.3 is 16.4 Å². The molecular weight excluding hydrogens is 266 g/mol. The summed E-state index contributed by atoms with van der Waals surface area (Å²) in [6, 6.07) is 4.99. The van der Waals surface area contributed by atoms with E-state index in [-0.39, 0.29) is 17.7 Å².